The number of aromatic nitrogens is 2. The van der Waals surface area contributed by atoms with Crippen LogP contribution in [0.4, 0.5) is 0 Å². The number of pyridine rings is 1. The molecule has 5 heteroatoms. The smallest absolute Gasteiger partial charge is 0.183 e. The molecule has 116 valence electrons. The van der Waals surface area contributed by atoms with Crippen molar-refractivity contribution in [3.8, 4) is 10.6 Å². The van der Waals surface area contributed by atoms with E-state index in [2.05, 4.69) is 71.9 Å². The normalized spacial score (nSPS) is 10.7. The van der Waals surface area contributed by atoms with E-state index in [4.69, 9.17) is 4.98 Å². The first-order valence-corrected chi connectivity index (χ1v) is 8.75. The zero-order chi connectivity index (χ0) is 15.0. The van der Waals surface area contributed by atoms with Crippen LogP contribution in [0.15, 0.2) is 35.1 Å². The van der Waals surface area contributed by atoms with Crippen molar-refractivity contribution in [3.63, 3.8) is 0 Å². The molecule has 0 radical (unpaired) electrons. The standard InChI is InChI=1S/C17H18BrN2S.HI/c1-4-5-20-9-13(8-14(18)10-20)17-19-16-12(3)6-11(2)7-15(16)21-17;/h6-10H,4-5H2,1-3H3;1H/q+1;/p-1. The highest BCUT2D eigenvalue weighted by Gasteiger charge is 2.13. The fourth-order valence-corrected chi connectivity index (χ4v) is 4.23. The molecule has 0 saturated heterocycles. The van der Waals surface area contributed by atoms with Gasteiger partial charge in [-0.1, -0.05) is 13.0 Å². The maximum atomic E-state index is 4.85. The third-order valence-corrected chi connectivity index (χ3v) is 4.93. The van der Waals surface area contributed by atoms with E-state index in [1.807, 2.05) is 0 Å². The van der Waals surface area contributed by atoms with Crippen LogP contribution in [0.1, 0.15) is 24.5 Å². The molecule has 3 rings (SSSR count). The van der Waals surface area contributed by atoms with Gasteiger partial charge in [-0.25, -0.2) is 9.55 Å². The summed E-state index contributed by atoms with van der Waals surface area (Å²) in [5.41, 5.74) is 4.85. The van der Waals surface area contributed by atoms with Gasteiger partial charge in [0.05, 0.1) is 20.3 Å². The van der Waals surface area contributed by atoms with E-state index < -0.39 is 0 Å². The quantitative estimate of drug-likeness (QED) is 0.407. The predicted octanol–water partition coefficient (Wildman–Crippen LogP) is 2.04. The zero-order valence-corrected chi connectivity index (χ0v) is 17.4. The molecule has 0 spiro atoms. The van der Waals surface area contributed by atoms with Crippen molar-refractivity contribution in [2.24, 2.45) is 0 Å². The Kier molecular flexibility index (Phi) is 5.96. The molecule has 0 aliphatic heterocycles. The molecule has 22 heavy (non-hydrogen) atoms. The van der Waals surface area contributed by atoms with Crippen molar-refractivity contribution in [2.75, 3.05) is 0 Å². The Balaban J connectivity index is 0.00000176. The molecular weight excluding hydrogens is 471 g/mol. The number of thiazole rings is 1. The number of fused-ring (bicyclic) bond motifs is 1. The average Bonchev–Trinajstić information content (AvgIpc) is 2.82. The molecule has 0 saturated carbocycles. The highest BCUT2D eigenvalue weighted by atomic mass is 127. The van der Waals surface area contributed by atoms with Crippen molar-refractivity contribution in [3.05, 3.63) is 46.2 Å². The molecule has 0 aliphatic carbocycles. The molecule has 0 aliphatic rings. The molecule has 0 fully saturated rings. The number of benzene rings is 1. The van der Waals surface area contributed by atoms with Crippen LogP contribution in [0.3, 0.4) is 0 Å². The molecule has 0 N–H and O–H groups in total. The topological polar surface area (TPSA) is 16.8 Å². The van der Waals surface area contributed by atoms with E-state index in [0.29, 0.717) is 0 Å². The highest BCUT2D eigenvalue weighted by molar-refractivity contribution is 9.10. The Bertz CT molecular complexity index is 814. The lowest BCUT2D eigenvalue weighted by molar-refractivity contribution is -0.697. The van der Waals surface area contributed by atoms with Crippen molar-refractivity contribution in [1.82, 2.24) is 4.98 Å². The van der Waals surface area contributed by atoms with Crippen molar-refractivity contribution < 1.29 is 28.5 Å². The van der Waals surface area contributed by atoms with E-state index in [1.165, 1.54) is 21.4 Å². The van der Waals surface area contributed by atoms with Gasteiger partial charge >= 0.3 is 0 Å². The molecule has 2 aromatic heterocycles. The third kappa shape index (κ3) is 3.68. The summed E-state index contributed by atoms with van der Waals surface area (Å²) in [6, 6.07) is 6.57. The molecule has 0 bridgehead atoms. The number of rotatable bonds is 3. The molecule has 2 nitrogen and oxygen atoms in total. The van der Waals surface area contributed by atoms with Gasteiger partial charge in [-0.15, -0.1) is 11.3 Å². The average molecular weight is 489 g/mol. The van der Waals surface area contributed by atoms with Gasteiger partial charge in [0.25, 0.3) is 0 Å². The SMILES string of the molecule is CCC[n+]1cc(Br)cc(-c2nc3c(C)cc(C)cc3s2)c1.[I-]. The summed E-state index contributed by atoms with van der Waals surface area (Å²) in [6.07, 6.45) is 5.43. The third-order valence-electron chi connectivity index (χ3n) is 3.45. The summed E-state index contributed by atoms with van der Waals surface area (Å²) in [5.74, 6) is 0. The van der Waals surface area contributed by atoms with Crippen LogP contribution in [-0.2, 0) is 6.54 Å². The summed E-state index contributed by atoms with van der Waals surface area (Å²) in [5, 5.41) is 1.09. The maximum absolute atomic E-state index is 4.85. The number of aryl methyl sites for hydroxylation is 3. The van der Waals surface area contributed by atoms with Crippen LogP contribution >= 0.6 is 27.3 Å². The molecule has 2 heterocycles. The monoisotopic (exact) mass is 488 g/mol. The molecular formula is C17H18BrIN2S. The first-order chi connectivity index (χ1) is 10.1. The number of hydrogen-bond donors (Lipinski definition) is 0. The zero-order valence-electron chi connectivity index (χ0n) is 12.9. The Morgan fingerprint density at radius 2 is 1.95 bits per heavy atom. The minimum absolute atomic E-state index is 0. The van der Waals surface area contributed by atoms with Gasteiger partial charge in [0, 0.05) is 6.42 Å². The van der Waals surface area contributed by atoms with Crippen LogP contribution in [0.5, 0.6) is 0 Å². The minimum atomic E-state index is 0. The van der Waals surface area contributed by atoms with Crippen molar-refractivity contribution in [1.29, 1.82) is 0 Å². The van der Waals surface area contributed by atoms with Crippen molar-refractivity contribution in [2.45, 2.75) is 33.7 Å². The predicted molar refractivity (Wildman–Crippen MR) is 92.7 cm³/mol. The van der Waals surface area contributed by atoms with Crippen LogP contribution in [-0.4, -0.2) is 4.98 Å². The van der Waals surface area contributed by atoms with E-state index in [9.17, 15) is 0 Å². The summed E-state index contributed by atoms with van der Waals surface area (Å²) < 4.78 is 4.59. The van der Waals surface area contributed by atoms with Crippen molar-refractivity contribution >= 4 is 37.5 Å². The van der Waals surface area contributed by atoms with Gasteiger partial charge < -0.3 is 24.0 Å². The molecule has 0 atom stereocenters. The second-order valence-electron chi connectivity index (χ2n) is 5.43. The Labute approximate surface area is 160 Å². The molecule has 1 aromatic carbocycles. The first-order valence-electron chi connectivity index (χ1n) is 7.14. The van der Waals surface area contributed by atoms with E-state index >= 15 is 0 Å². The van der Waals surface area contributed by atoms with Gasteiger partial charge in [0.2, 0.25) is 0 Å². The fourth-order valence-electron chi connectivity index (χ4n) is 2.60. The number of nitrogens with zero attached hydrogens (tertiary/aromatic N) is 2. The number of halogens is 2. The van der Waals surface area contributed by atoms with E-state index in [0.717, 1.165) is 28.0 Å². The van der Waals surface area contributed by atoms with Gasteiger partial charge in [0.1, 0.15) is 11.6 Å². The van der Waals surface area contributed by atoms with E-state index in [1.54, 1.807) is 11.3 Å². The highest BCUT2D eigenvalue weighted by Crippen LogP contribution is 2.32. The second-order valence-corrected chi connectivity index (χ2v) is 7.37. The molecule has 3 aromatic rings. The van der Waals surface area contributed by atoms with Gasteiger partial charge in [-0.2, -0.15) is 0 Å². The van der Waals surface area contributed by atoms with Crippen LogP contribution in [0.25, 0.3) is 20.8 Å². The lowest BCUT2D eigenvalue weighted by Gasteiger charge is -1.99. The van der Waals surface area contributed by atoms with Gasteiger partial charge in [0.15, 0.2) is 12.4 Å². The van der Waals surface area contributed by atoms with E-state index in [-0.39, 0.29) is 24.0 Å². The second kappa shape index (κ2) is 7.36. The Morgan fingerprint density at radius 3 is 2.68 bits per heavy atom. The van der Waals surface area contributed by atoms with Gasteiger partial charge in [-0.3, -0.25) is 0 Å². The first kappa shape index (κ1) is 17.8. The Morgan fingerprint density at radius 1 is 1.18 bits per heavy atom. The summed E-state index contributed by atoms with van der Waals surface area (Å²) in [4.78, 5) is 4.85. The molecule has 0 unspecified atom stereocenters. The Hall–Kier alpha value is -0.530. The van der Waals surface area contributed by atoms with Crippen LogP contribution in [0, 0.1) is 13.8 Å². The lowest BCUT2D eigenvalue weighted by Crippen LogP contribution is -3.00. The maximum Gasteiger partial charge on any atom is 0.183 e. The minimum Gasteiger partial charge on any atom is -1.00 e. The fraction of sp³-hybridized carbons (Fsp3) is 0.294. The summed E-state index contributed by atoms with van der Waals surface area (Å²) in [6.45, 7) is 7.49. The summed E-state index contributed by atoms with van der Waals surface area (Å²) >= 11 is 5.38. The number of hydrogen-bond acceptors (Lipinski definition) is 2. The van der Waals surface area contributed by atoms with Gasteiger partial charge in [-0.05, 0) is 53.0 Å². The largest absolute Gasteiger partial charge is 1.00 e. The van der Waals surface area contributed by atoms with Crippen LogP contribution < -0.4 is 28.5 Å². The molecule has 0 amide bonds. The summed E-state index contributed by atoms with van der Waals surface area (Å²) in [7, 11) is 0. The lowest BCUT2D eigenvalue weighted by atomic mass is 10.1. The van der Waals surface area contributed by atoms with Crippen LogP contribution in [0.2, 0.25) is 0 Å².